The third-order valence-corrected chi connectivity index (χ3v) is 4.28. The molecule has 0 amide bonds. The topological polar surface area (TPSA) is 30.5 Å². The maximum Gasteiger partial charge on any atom is 0.411 e. The van der Waals surface area contributed by atoms with E-state index >= 15 is 0 Å². The summed E-state index contributed by atoms with van der Waals surface area (Å²) in [4.78, 5) is 0. The molecule has 0 spiro atoms. The molecule has 0 aromatic rings. The van der Waals surface area contributed by atoms with Crippen LogP contribution in [0.15, 0.2) is 0 Å². The van der Waals surface area contributed by atoms with E-state index < -0.39 is 12.8 Å². The number of halogens is 3. The normalized spacial score (nSPS) is 33.3. The van der Waals surface area contributed by atoms with E-state index in [2.05, 4.69) is 12.2 Å². The highest BCUT2D eigenvalue weighted by molar-refractivity contribution is 4.84. The molecule has 1 N–H and O–H groups in total. The number of rotatable bonds is 5. The molecule has 2 rings (SSSR count). The van der Waals surface area contributed by atoms with Crippen molar-refractivity contribution in [3.8, 4) is 0 Å². The molecule has 118 valence electrons. The quantitative estimate of drug-likeness (QED) is 0.846. The van der Waals surface area contributed by atoms with Gasteiger partial charge in [-0.05, 0) is 44.9 Å². The van der Waals surface area contributed by atoms with E-state index in [0.29, 0.717) is 18.4 Å². The summed E-state index contributed by atoms with van der Waals surface area (Å²) in [6.45, 7) is 2.61. The van der Waals surface area contributed by atoms with E-state index in [4.69, 9.17) is 9.47 Å². The predicted molar refractivity (Wildman–Crippen MR) is 69.6 cm³/mol. The van der Waals surface area contributed by atoms with Crippen LogP contribution in [0.5, 0.6) is 0 Å². The Labute approximate surface area is 118 Å². The maximum absolute atomic E-state index is 12.2. The van der Waals surface area contributed by atoms with Crippen molar-refractivity contribution >= 4 is 0 Å². The van der Waals surface area contributed by atoms with E-state index in [-0.39, 0.29) is 12.1 Å². The van der Waals surface area contributed by atoms with Gasteiger partial charge in [0.15, 0.2) is 0 Å². The highest BCUT2D eigenvalue weighted by Crippen LogP contribution is 2.25. The van der Waals surface area contributed by atoms with Crippen molar-refractivity contribution in [3.63, 3.8) is 0 Å². The van der Waals surface area contributed by atoms with Crippen LogP contribution < -0.4 is 5.32 Å². The van der Waals surface area contributed by atoms with Crippen molar-refractivity contribution < 1.29 is 22.6 Å². The Kier molecular flexibility index (Phi) is 5.69. The summed E-state index contributed by atoms with van der Waals surface area (Å²) in [5, 5.41) is 3.55. The molecular weight excluding hydrogens is 271 g/mol. The Morgan fingerprint density at radius 3 is 2.75 bits per heavy atom. The van der Waals surface area contributed by atoms with Gasteiger partial charge in [0.25, 0.3) is 0 Å². The molecule has 2 aliphatic rings. The standard InChI is InChI=1S/C14H24F3NO2/c1-10(11-5-6-19-8-11)18-12-3-2-4-13(7-12)20-9-14(15,16)17/h10-13,18H,2-9H2,1H3. The number of hydrogen-bond acceptors (Lipinski definition) is 3. The van der Waals surface area contributed by atoms with Crippen molar-refractivity contribution in [2.24, 2.45) is 5.92 Å². The van der Waals surface area contributed by atoms with E-state index in [9.17, 15) is 13.2 Å². The largest absolute Gasteiger partial charge is 0.411 e. The van der Waals surface area contributed by atoms with Crippen LogP contribution in [-0.2, 0) is 9.47 Å². The number of alkyl halides is 3. The molecule has 1 aliphatic carbocycles. The summed E-state index contributed by atoms with van der Waals surface area (Å²) in [6.07, 6.45) is -0.0833. The summed E-state index contributed by atoms with van der Waals surface area (Å²) in [5.41, 5.74) is 0. The molecule has 0 radical (unpaired) electrons. The first-order chi connectivity index (χ1) is 9.44. The molecule has 3 nitrogen and oxygen atoms in total. The summed E-state index contributed by atoms with van der Waals surface area (Å²) < 4.78 is 46.9. The van der Waals surface area contributed by atoms with Gasteiger partial charge in [-0.15, -0.1) is 0 Å². The minimum atomic E-state index is -4.23. The molecular formula is C14H24F3NO2. The van der Waals surface area contributed by atoms with E-state index in [1.807, 2.05) is 0 Å². The highest BCUT2D eigenvalue weighted by Gasteiger charge is 2.32. The molecule has 0 bridgehead atoms. The molecule has 0 aromatic heterocycles. The van der Waals surface area contributed by atoms with Crippen molar-refractivity contribution in [1.82, 2.24) is 5.32 Å². The first-order valence-electron chi connectivity index (χ1n) is 7.46. The van der Waals surface area contributed by atoms with Gasteiger partial charge in [-0.3, -0.25) is 0 Å². The zero-order valence-corrected chi connectivity index (χ0v) is 11.9. The average molecular weight is 295 g/mol. The molecule has 4 atom stereocenters. The van der Waals surface area contributed by atoms with Crippen molar-refractivity contribution in [1.29, 1.82) is 0 Å². The summed E-state index contributed by atoms with van der Waals surface area (Å²) in [7, 11) is 0. The molecule has 1 saturated carbocycles. The molecule has 4 unspecified atom stereocenters. The summed E-state index contributed by atoms with van der Waals surface area (Å²) >= 11 is 0. The van der Waals surface area contributed by atoms with Crippen LogP contribution in [-0.4, -0.2) is 44.2 Å². The van der Waals surface area contributed by atoms with E-state index in [1.165, 1.54) is 0 Å². The zero-order valence-electron chi connectivity index (χ0n) is 11.9. The molecule has 2 fully saturated rings. The Hall–Kier alpha value is -0.330. The number of hydrogen-bond donors (Lipinski definition) is 1. The van der Waals surface area contributed by atoms with Crippen molar-refractivity contribution in [2.75, 3.05) is 19.8 Å². The number of nitrogens with one attached hydrogen (secondary N) is 1. The summed E-state index contributed by atoms with van der Waals surface area (Å²) in [5.74, 6) is 0.520. The van der Waals surface area contributed by atoms with Crippen LogP contribution in [0.25, 0.3) is 0 Å². The van der Waals surface area contributed by atoms with Crippen molar-refractivity contribution in [2.45, 2.75) is 63.4 Å². The minimum absolute atomic E-state index is 0.262. The average Bonchev–Trinajstić information content (AvgIpc) is 2.90. The maximum atomic E-state index is 12.2. The second-order valence-electron chi connectivity index (χ2n) is 5.99. The minimum Gasteiger partial charge on any atom is -0.381 e. The molecule has 1 aliphatic heterocycles. The molecule has 6 heteroatoms. The van der Waals surface area contributed by atoms with Gasteiger partial charge in [0.1, 0.15) is 6.61 Å². The van der Waals surface area contributed by atoms with Gasteiger partial charge >= 0.3 is 6.18 Å². The lowest BCUT2D eigenvalue weighted by Crippen LogP contribution is -2.45. The Balaban J connectivity index is 1.72. The van der Waals surface area contributed by atoms with Gasteiger partial charge in [0, 0.05) is 18.7 Å². The second-order valence-corrected chi connectivity index (χ2v) is 5.99. The van der Waals surface area contributed by atoms with Crippen LogP contribution in [0, 0.1) is 5.92 Å². The van der Waals surface area contributed by atoms with Gasteiger partial charge in [-0.25, -0.2) is 0 Å². The Morgan fingerprint density at radius 1 is 1.30 bits per heavy atom. The highest BCUT2D eigenvalue weighted by atomic mass is 19.4. The second kappa shape index (κ2) is 7.09. The number of ether oxygens (including phenoxy) is 2. The Morgan fingerprint density at radius 2 is 2.10 bits per heavy atom. The first kappa shape index (κ1) is 16.0. The fraction of sp³-hybridized carbons (Fsp3) is 1.00. The van der Waals surface area contributed by atoms with Crippen LogP contribution in [0.3, 0.4) is 0 Å². The molecule has 20 heavy (non-hydrogen) atoms. The summed E-state index contributed by atoms with van der Waals surface area (Å²) in [6, 6.07) is 0.612. The lowest BCUT2D eigenvalue weighted by molar-refractivity contribution is -0.188. The van der Waals surface area contributed by atoms with Crippen molar-refractivity contribution in [3.05, 3.63) is 0 Å². The fourth-order valence-electron chi connectivity index (χ4n) is 3.12. The van der Waals surface area contributed by atoms with Crippen LogP contribution >= 0.6 is 0 Å². The Bertz CT molecular complexity index is 293. The van der Waals surface area contributed by atoms with E-state index in [1.54, 1.807) is 0 Å². The third kappa shape index (κ3) is 5.22. The zero-order chi connectivity index (χ0) is 14.6. The van der Waals surface area contributed by atoms with Crippen LogP contribution in [0.2, 0.25) is 0 Å². The lowest BCUT2D eigenvalue weighted by Gasteiger charge is -2.33. The predicted octanol–water partition coefficient (Wildman–Crippen LogP) is 2.89. The van der Waals surface area contributed by atoms with Gasteiger partial charge in [0.2, 0.25) is 0 Å². The lowest BCUT2D eigenvalue weighted by atomic mass is 9.90. The van der Waals surface area contributed by atoms with Gasteiger partial charge in [-0.2, -0.15) is 13.2 Å². The third-order valence-electron chi connectivity index (χ3n) is 4.28. The first-order valence-corrected chi connectivity index (χ1v) is 7.46. The smallest absolute Gasteiger partial charge is 0.381 e. The molecule has 1 saturated heterocycles. The molecule has 1 heterocycles. The van der Waals surface area contributed by atoms with E-state index in [0.717, 1.165) is 38.9 Å². The van der Waals surface area contributed by atoms with Gasteiger partial charge < -0.3 is 14.8 Å². The van der Waals surface area contributed by atoms with Crippen LogP contribution in [0.1, 0.15) is 39.0 Å². The monoisotopic (exact) mass is 295 g/mol. The van der Waals surface area contributed by atoms with Gasteiger partial charge in [0.05, 0.1) is 12.7 Å². The SMILES string of the molecule is CC(NC1CCCC(OCC(F)(F)F)C1)C1CCOC1. The fourth-order valence-corrected chi connectivity index (χ4v) is 3.12. The molecule has 0 aromatic carbocycles. The van der Waals surface area contributed by atoms with Crippen LogP contribution in [0.4, 0.5) is 13.2 Å². The van der Waals surface area contributed by atoms with Gasteiger partial charge in [-0.1, -0.05) is 0 Å².